The van der Waals surface area contributed by atoms with Crippen LogP contribution in [0, 0.1) is 0 Å². The van der Waals surface area contributed by atoms with Gasteiger partial charge < -0.3 is 99.3 Å². The number of aliphatic carboxylic acids is 1. The second kappa shape index (κ2) is 15.3. The lowest BCUT2D eigenvalue weighted by atomic mass is 9.74. The minimum Gasteiger partial charge on any atom is -0.493 e. The highest BCUT2D eigenvalue weighted by molar-refractivity contribution is 5.76. The maximum atomic E-state index is 12.8. The average Bonchev–Trinajstić information content (AvgIpc) is 3.09. The number of hydrogen-bond acceptors (Lipinski definition) is 20. The van der Waals surface area contributed by atoms with Crippen LogP contribution in [0.15, 0.2) is 24.6 Å². The van der Waals surface area contributed by atoms with Crippen molar-refractivity contribution in [1.29, 1.82) is 0 Å². The Hall–Kier alpha value is -2.13. The molecule has 0 aromatic heterocycles. The zero-order chi connectivity index (χ0) is 37.7. The number of hydrogen-bond donors (Lipinski definition) is 12. The molecule has 51 heavy (non-hydrogen) atoms. The van der Waals surface area contributed by atoms with E-state index < -0.39 is 148 Å². The Morgan fingerprint density at radius 1 is 0.941 bits per heavy atom. The minimum atomic E-state index is -2.92. The molecule has 21 heteroatoms. The van der Waals surface area contributed by atoms with Gasteiger partial charge in [0, 0.05) is 12.1 Å². The Bertz CT molecular complexity index is 1280. The van der Waals surface area contributed by atoms with Crippen molar-refractivity contribution < 1.29 is 99.2 Å². The third kappa shape index (κ3) is 6.89. The molecule has 21 nitrogen and oxygen atoms in total. The van der Waals surface area contributed by atoms with Crippen LogP contribution >= 0.6 is 0 Å². The molecule has 0 bridgehead atoms. The van der Waals surface area contributed by atoms with Crippen molar-refractivity contribution in [1.82, 2.24) is 4.90 Å². The lowest BCUT2D eigenvalue weighted by molar-refractivity contribution is -0.429. The lowest BCUT2D eigenvalue weighted by Crippen LogP contribution is -2.87. The molecule has 5 heterocycles. The summed E-state index contributed by atoms with van der Waals surface area (Å²) in [6, 6.07) is -1.17. The van der Waals surface area contributed by atoms with Crippen LogP contribution in [-0.4, -0.2) is 208 Å². The number of carbonyl (C=O) groups is 1. The molecule has 0 saturated carbocycles. The van der Waals surface area contributed by atoms with Crippen molar-refractivity contribution in [2.75, 3.05) is 19.8 Å². The minimum absolute atomic E-state index is 0.136. The fraction of sp³-hybridized carbons (Fsp3) is 0.833. The van der Waals surface area contributed by atoms with Crippen LogP contribution in [-0.2, 0) is 38.0 Å². The Morgan fingerprint density at radius 3 is 2.18 bits per heavy atom. The van der Waals surface area contributed by atoms with E-state index in [2.05, 4.69) is 6.58 Å². The standard InChI is InChI=1S/C30H47NO20/c1-10(2)31-17-12(35)6-29(28(42)43,51-25(17)30(31,44)16(36)9-34)50-24-19(38)14(7-32)48-27(22(24)41)49-23-13(4-5-45-15(23)8-33)47-26-21(40)20(39)18(37)11(3)46-26/h4-5,11-27,32-41,44H,1,6-9H2,2-3H3,(H,42,43)/t11-,12+,13?,14?,15?,16+,17?,18?,19?,20?,21?,22?,23-,24-,25?,26-,27-,29+,30+/m0/s1. The third-order valence-corrected chi connectivity index (χ3v) is 9.93. The van der Waals surface area contributed by atoms with Crippen LogP contribution in [0.5, 0.6) is 0 Å². The largest absolute Gasteiger partial charge is 0.493 e. The van der Waals surface area contributed by atoms with Gasteiger partial charge in [-0.1, -0.05) is 6.58 Å². The van der Waals surface area contributed by atoms with Gasteiger partial charge in [-0.2, -0.15) is 0 Å². The number of carboxylic acids is 1. The van der Waals surface area contributed by atoms with E-state index in [-0.39, 0.29) is 5.70 Å². The number of rotatable bonds is 12. The molecule has 4 fully saturated rings. The van der Waals surface area contributed by atoms with Crippen LogP contribution in [0.4, 0.5) is 0 Å². The number of likely N-dealkylation sites (tertiary alicyclic amines) is 1. The van der Waals surface area contributed by atoms with Crippen LogP contribution in [0.2, 0.25) is 0 Å². The average molecular weight is 742 g/mol. The van der Waals surface area contributed by atoms with Gasteiger partial charge in [-0.15, -0.1) is 0 Å². The number of allylic oxidation sites excluding steroid dienone is 1. The summed E-state index contributed by atoms with van der Waals surface area (Å²) >= 11 is 0. The third-order valence-electron chi connectivity index (χ3n) is 9.93. The number of fused-ring (bicyclic) bond motifs is 1. The van der Waals surface area contributed by atoms with Crippen molar-refractivity contribution in [2.45, 2.75) is 136 Å². The summed E-state index contributed by atoms with van der Waals surface area (Å²) in [7, 11) is 0. The predicted molar refractivity (Wildman–Crippen MR) is 160 cm³/mol. The smallest absolute Gasteiger partial charge is 0.364 e. The molecule has 0 aliphatic carbocycles. The molecule has 5 aliphatic heterocycles. The van der Waals surface area contributed by atoms with Gasteiger partial charge in [0.1, 0.15) is 73.2 Å². The summed E-state index contributed by atoms with van der Waals surface area (Å²) in [5.74, 6) is -4.81. The van der Waals surface area contributed by atoms with Gasteiger partial charge >= 0.3 is 5.97 Å². The second-order valence-corrected chi connectivity index (χ2v) is 13.3. The van der Waals surface area contributed by atoms with Crippen molar-refractivity contribution in [3.05, 3.63) is 24.6 Å². The Morgan fingerprint density at radius 2 is 1.59 bits per heavy atom. The van der Waals surface area contributed by atoms with Crippen molar-refractivity contribution in [3.8, 4) is 0 Å². The molecule has 292 valence electrons. The van der Waals surface area contributed by atoms with E-state index in [9.17, 15) is 66.1 Å². The second-order valence-electron chi connectivity index (χ2n) is 13.3. The first kappa shape index (κ1) is 40.1. The quantitative estimate of drug-likeness (QED) is 0.0884. The summed E-state index contributed by atoms with van der Waals surface area (Å²) < 4.78 is 39.8. The summed E-state index contributed by atoms with van der Waals surface area (Å²) in [4.78, 5) is 13.9. The van der Waals surface area contributed by atoms with Gasteiger partial charge in [-0.3, -0.25) is 0 Å². The molecule has 19 atom stereocenters. The van der Waals surface area contributed by atoms with Gasteiger partial charge in [0.25, 0.3) is 5.79 Å². The molecule has 4 saturated heterocycles. The molecule has 10 unspecified atom stereocenters. The molecule has 0 spiro atoms. The first-order valence-electron chi connectivity index (χ1n) is 16.3. The molecular weight excluding hydrogens is 694 g/mol. The normalized spacial score (nSPS) is 49.0. The Kier molecular flexibility index (Phi) is 12.0. The van der Waals surface area contributed by atoms with Crippen molar-refractivity contribution in [2.24, 2.45) is 0 Å². The topological polar surface area (TPSA) is 328 Å². The molecule has 0 aromatic rings. The molecule has 5 rings (SSSR count). The van der Waals surface area contributed by atoms with E-state index in [0.717, 1.165) is 11.2 Å². The summed E-state index contributed by atoms with van der Waals surface area (Å²) in [5, 5.41) is 126. The Balaban J connectivity index is 1.40. The predicted octanol–water partition coefficient (Wildman–Crippen LogP) is -6.50. The molecule has 12 N–H and O–H groups in total. The first-order valence-corrected chi connectivity index (χ1v) is 16.3. The lowest BCUT2D eigenvalue weighted by Gasteiger charge is -2.67. The van der Waals surface area contributed by atoms with Gasteiger partial charge in [-0.25, -0.2) is 4.79 Å². The molecule has 0 aromatic carbocycles. The zero-order valence-electron chi connectivity index (χ0n) is 27.6. The van der Waals surface area contributed by atoms with E-state index in [1.807, 2.05) is 0 Å². The highest BCUT2D eigenvalue weighted by Crippen LogP contribution is 2.51. The monoisotopic (exact) mass is 741 g/mol. The first-order chi connectivity index (χ1) is 24.0. The van der Waals surface area contributed by atoms with Crippen LogP contribution in [0.25, 0.3) is 0 Å². The number of nitrogens with zero attached hydrogens (tertiary/aromatic N) is 1. The fourth-order valence-corrected chi connectivity index (χ4v) is 7.19. The number of aliphatic hydroxyl groups excluding tert-OH is 10. The van der Waals surface area contributed by atoms with E-state index in [0.29, 0.717) is 0 Å². The molecule has 0 radical (unpaired) electrons. The van der Waals surface area contributed by atoms with Crippen LogP contribution < -0.4 is 0 Å². The van der Waals surface area contributed by atoms with Crippen molar-refractivity contribution >= 4 is 5.97 Å². The van der Waals surface area contributed by atoms with Gasteiger partial charge in [0.05, 0.1) is 44.3 Å². The molecule has 5 aliphatic rings. The Labute approximate surface area is 290 Å². The van der Waals surface area contributed by atoms with E-state index in [1.165, 1.54) is 19.9 Å². The summed E-state index contributed by atoms with van der Waals surface area (Å²) in [6.07, 6.45) is -24.7. The van der Waals surface area contributed by atoms with E-state index in [4.69, 9.17) is 33.2 Å². The van der Waals surface area contributed by atoms with Gasteiger partial charge in [-0.05, 0) is 19.9 Å². The SMILES string of the molecule is C=C(C)N1C2C(O[C@@](O[C@H]3C(O)C(CO)O[C@@H](O[C@H]4C(O[C@@H]5O[C@@H](C)C(O)C(O)C5O)C=COC4CO)C3O)(C(=O)O)C[C@H]2O)[C@]1(O)[C@H](O)CO. The van der Waals surface area contributed by atoms with Crippen molar-refractivity contribution in [3.63, 3.8) is 0 Å². The fourth-order valence-electron chi connectivity index (χ4n) is 7.19. The van der Waals surface area contributed by atoms with E-state index >= 15 is 0 Å². The maximum absolute atomic E-state index is 12.8. The maximum Gasteiger partial charge on any atom is 0.364 e. The molecule has 0 amide bonds. The van der Waals surface area contributed by atoms with Crippen LogP contribution in [0.1, 0.15) is 20.3 Å². The summed E-state index contributed by atoms with van der Waals surface area (Å²) in [6.45, 7) is 3.90. The highest BCUT2D eigenvalue weighted by Gasteiger charge is 2.72. The van der Waals surface area contributed by atoms with Gasteiger partial charge in [0.2, 0.25) is 0 Å². The van der Waals surface area contributed by atoms with E-state index in [1.54, 1.807) is 0 Å². The van der Waals surface area contributed by atoms with Crippen LogP contribution in [0.3, 0.4) is 0 Å². The summed E-state index contributed by atoms with van der Waals surface area (Å²) in [5.41, 5.74) is -2.36. The molecular formula is C30H47NO20. The number of ether oxygens (including phenoxy) is 7. The number of carboxylic acid groups (broad SMARTS) is 1. The highest BCUT2D eigenvalue weighted by atomic mass is 16.8. The number of aliphatic hydroxyl groups is 11. The van der Waals surface area contributed by atoms with Gasteiger partial charge in [0.15, 0.2) is 18.3 Å². The zero-order valence-corrected chi connectivity index (χ0v) is 27.6.